The van der Waals surface area contributed by atoms with Crippen LogP contribution in [0.2, 0.25) is 5.02 Å². The minimum Gasteiger partial charge on any atom is -0.279 e. The highest BCUT2D eigenvalue weighted by Crippen LogP contribution is 2.37. The Morgan fingerprint density at radius 2 is 1.59 bits per heavy atom. The van der Waals surface area contributed by atoms with Crippen molar-refractivity contribution < 1.29 is 18.0 Å². The Morgan fingerprint density at radius 3 is 2.19 bits per heavy atom. The molecule has 0 saturated carbocycles. The Labute approximate surface area is 191 Å². The second-order valence-electron chi connectivity index (χ2n) is 8.38. The van der Waals surface area contributed by atoms with Gasteiger partial charge in [0.15, 0.2) is 0 Å². The fraction of sp³-hybridized carbons (Fsp3) is 0.174. The van der Waals surface area contributed by atoms with Crippen LogP contribution in [0.4, 0.5) is 11.4 Å². The smallest absolute Gasteiger partial charge is 0.268 e. The van der Waals surface area contributed by atoms with Gasteiger partial charge in [0.1, 0.15) is 0 Å². The van der Waals surface area contributed by atoms with E-state index in [1.165, 1.54) is 36.7 Å². The third-order valence-corrected chi connectivity index (χ3v) is 6.86. The van der Waals surface area contributed by atoms with Crippen LogP contribution in [-0.2, 0) is 15.4 Å². The van der Waals surface area contributed by atoms with Crippen LogP contribution in [0.3, 0.4) is 0 Å². The number of anilines is 2. The van der Waals surface area contributed by atoms with E-state index < -0.39 is 21.8 Å². The van der Waals surface area contributed by atoms with E-state index in [4.69, 9.17) is 11.6 Å². The number of benzene rings is 2. The highest BCUT2D eigenvalue weighted by molar-refractivity contribution is 7.92. The van der Waals surface area contributed by atoms with Gasteiger partial charge in [-0.1, -0.05) is 44.5 Å². The van der Waals surface area contributed by atoms with E-state index in [1.54, 1.807) is 24.3 Å². The summed E-state index contributed by atoms with van der Waals surface area (Å²) >= 11 is 6.21. The minimum atomic E-state index is -4.02. The third kappa shape index (κ3) is 3.76. The van der Waals surface area contributed by atoms with Gasteiger partial charge < -0.3 is 0 Å². The molecule has 4 rings (SSSR count). The molecule has 0 aliphatic carbocycles. The van der Waals surface area contributed by atoms with E-state index in [1.807, 2.05) is 20.8 Å². The summed E-state index contributed by atoms with van der Waals surface area (Å²) in [5.74, 6) is -1.32. The minimum absolute atomic E-state index is 0.0194. The summed E-state index contributed by atoms with van der Waals surface area (Å²) in [5, 5.41) is 0.0576. The number of pyridine rings is 1. The van der Waals surface area contributed by atoms with Gasteiger partial charge in [-0.05, 0) is 47.4 Å². The second kappa shape index (κ2) is 7.72. The number of fused-ring (bicyclic) bond motifs is 1. The molecule has 2 heterocycles. The standard InChI is InChI=1S/C23H20ClN3O4S/c1-23(2,3)14-6-8-16(9-7-14)32(30,31)26-18-11-10-17(24)19-20(18)22(29)27(21(19)28)15-5-4-12-25-13-15/h4-13,26H,1-3H3. The lowest BCUT2D eigenvalue weighted by Crippen LogP contribution is -2.29. The van der Waals surface area contributed by atoms with E-state index in [0.717, 1.165) is 10.5 Å². The number of amides is 2. The Bertz CT molecular complexity index is 1330. The highest BCUT2D eigenvalue weighted by atomic mass is 35.5. The molecule has 1 aliphatic heterocycles. The zero-order valence-corrected chi connectivity index (χ0v) is 19.2. The summed E-state index contributed by atoms with van der Waals surface area (Å²) in [4.78, 5) is 31.0. The van der Waals surface area contributed by atoms with Crippen molar-refractivity contribution >= 4 is 44.8 Å². The van der Waals surface area contributed by atoms with E-state index in [-0.39, 0.29) is 37.8 Å². The van der Waals surface area contributed by atoms with Gasteiger partial charge in [-0.3, -0.25) is 19.3 Å². The molecule has 1 aromatic heterocycles. The van der Waals surface area contributed by atoms with Gasteiger partial charge in [-0.25, -0.2) is 13.3 Å². The topological polar surface area (TPSA) is 96.4 Å². The maximum atomic E-state index is 13.1. The van der Waals surface area contributed by atoms with Crippen molar-refractivity contribution in [2.24, 2.45) is 0 Å². The lowest BCUT2D eigenvalue weighted by molar-refractivity contribution is 0.0926. The number of hydrogen-bond donors (Lipinski definition) is 1. The largest absolute Gasteiger partial charge is 0.279 e. The van der Waals surface area contributed by atoms with Gasteiger partial charge in [0.25, 0.3) is 21.8 Å². The number of sulfonamides is 1. The summed E-state index contributed by atoms with van der Waals surface area (Å²) in [7, 11) is -4.02. The van der Waals surface area contributed by atoms with Gasteiger partial charge >= 0.3 is 0 Å². The second-order valence-corrected chi connectivity index (χ2v) is 10.5. The van der Waals surface area contributed by atoms with Gasteiger partial charge in [0.05, 0.1) is 38.6 Å². The number of nitrogens with one attached hydrogen (secondary N) is 1. The van der Waals surface area contributed by atoms with E-state index >= 15 is 0 Å². The lowest BCUT2D eigenvalue weighted by Gasteiger charge is -2.19. The number of rotatable bonds is 4. The molecule has 1 aliphatic rings. The van der Waals surface area contributed by atoms with Gasteiger partial charge in [0.2, 0.25) is 0 Å². The fourth-order valence-corrected chi connectivity index (χ4v) is 4.78. The van der Waals surface area contributed by atoms with Crippen LogP contribution in [-0.4, -0.2) is 25.2 Å². The number of carbonyl (C=O) groups is 2. The van der Waals surface area contributed by atoms with Crippen LogP contribution in [0.15, 0.2) is 65.8 Å². The molecule has 32 heavy (non-hydrogen) atoms. The number of nitrogens with zero attached hydrogens (tertiary/aromatic N) is 2. The molecule has 164 valence electrons. The van der Waals surface area contributed by atoms with Crippen LogP contribution in [0.25, 0.3) is 0 Å². The average Bonchev–Trinajstić information content (AvgIpc) is 3.01. The summed E-state index contributed by atoms with van der Waals surface area (Å²) in [5.41, 5.74) is 0.951. The zero-order chi connectivity index (χ0) is 23.3. The number of imide groups is 1. The number of hydrogen-bond acceptors (Lipinski definition) is 5. The van der Waals surface area contributed by atoms with Crippen molar-refractivity contribution in [2.75, 3.05) is 9.62 Å². The van der Waals surface area contributed by atoms with Crippen molar-refractivity contribution in [1.82, 2.24) is 4.98 Å². The van der Waals surface area contributed by atoms with Crippen LogP contribution >= 0.6 is 11.6 Å². The Morgan fingerprint density at radius 1 is 0.938 bits per heavy atom. The Balaban J connectivity index is 1.74. The summed E-state index contributed by atoms with van der Waals surface area (Å²) in [6, 6.07) is 12.4. The predicted octanol–water partition coefficient (Wildman–Crippen LogP) is 4.63. The first-order valence-corrected chi connectivity index (χ1v) is 11.6. The number of aromatic nitrogens is 1. The van der Waals surface area contributed by atoms with Crippen LogP contribution in [0.1, 0.15) is 47.1 Å². The first-order valence-electron chi connectivity index (χ1n) is 9.75. The molecule has 0 spiro atoms. The SMILES string of the molecule is CC(C)(C)c1ccc(S(=O)(=O)Nc2ccc(Cl)c3c2C(=O)N(c2cccnc2)C3=O)cc1. The van der Waals surface area contributed by atoms with Gasteiger partial charge in [-0.2, -0.15) is 0 Å². The van der Waals surface area contributed by atoms with E-state index in [0.29, 0.717) is 0 Å². The Kier molecular flexibility index (Phi) is 5.30. The number of carbonyl (C=O) groups excluding carboxylic acids is 2. The molecule has 3 aromatic rings. The first-order chi connectivity index (χ1) is 15.0. The third-order valence-electron chi connectivity index (χ3n) is 5.17. The van der Waals surface area contributed by atoms with Gasteiger partial charge in [0, 0.05) is 6.20 Å². The van der Waals surface area contributed by atoms with E-state index in [2.05, 4.69) is 9.71 Å². The maximum Gasteiger partial charge on any atom is 0.268 e. The van der Waals surface area contributed by atoms with Crippen LogP contribution < -0.4 is 9.62 Å². The molecule has 2 amide bonds. The fourth-order valence-electron chi connectivity index (χ4n) is 3.47. The molecule has 0 bridgehead atoms. The van der Waals surface area contributed by atoms with E-state index in [9.17, 15) is 18.0 Å². The van der Waals surface area contributed by atoms with Crippen molar-refractivity contribution in [3.05, 3.63) is 82.6 Å². The Hall–Kier alpha value is -3.23. The first kappa shape index (κ1) is 22.0. The molecule has 1 N–H and O–H groups in total. The molecule has 0 fully saturated rings. The highest BCUT2D eigenvalue weighted by Gasteiger charge is 2.41. The maximum absolute atomic E-state index is 13.1. The summed E-state index contributed by atoms with van der Waals surface area (Å²) in [6.07, 6.45) is 2.88. The van der Waals surface area contributed by atoms with Crippen molar-refractivity contribution in [1.29, 1.82) is 0 Å². The molecule has 0 unspecified atom stereocenters. The lowest BCUT2D eigenvalue weighted by atomic mass is 9.87. The molecule has 0 radical (unpaired) electrons. The van der Waals surface area contributed by atoms with Crippen molar-refractivity contribution in [3.8, 4) is 0 Å². The zero-order valence-electron chi connectivity index (χ0n) is 17.6. The van der Waals surface area contributed by atoms with Crippen LogP contribution in [0.5, 0.6) is 0 Å². The monoisotopic (exact) mass is 469 g/mol. The average molecular weight is 470 g/mol. The summed E-state index contributed by atoms with van der Waals surface area (Å²) in [6.45, 7) is 6.09. The molecule has 2 aromatic carbocycles. The predicted molar refractivity (Wildman–Crippen MR) is 123 cm³/mol. The van der Waals surface area contributed by atoms with Crippen LogP contribution in [0, 0.1) is 0 Å². The molecule has 9 heteroatoms. The molecule has 7 nitrogen and oxygen atoms in total. The van der Waals surface area contributed by atoms with Crippen molar-refractivity contribution in [2.45, 2.75) is 31.1 Å². The van der Waals surface area contributed by atoms with Crippen molar-refractivity contribution in [3.63, 3.8) is 0 Å². The quantitative estimate of drug-likeness (QED) is 0.562. The molecular weight excluding hydrogens is 450 g/mol. The number of halogens is 1. The molecule has 0 saturated heterocycles. The summed E-state index contributed by atoms with van der Waals surface area (Å²) < 4.78 is 28.5. The van der Waals surface area contributed by atoms with Gasteiger partial charge in [-0.15, -0.1) is 0 Å². The molecular formula is C23H20ClN3O4S. The normalized spacial score (nSPS) is 13.9. The molecule has 0 atom stereocenters.